The average Bonchev–Trinajstić information content (AvgIpc) is 2.88. The Hall–Kier alpha value is -1.75. The second-order valence-electron chi connectivity index (χ2n) is 3.70. The van der Waals surface area contributed by atoms with Gasteiger partial charge in [0.15, 0.2) is 5.69 Å². The molecule has 5 heteroatoms. The predicted octanol–water partition coefficient (Wildman–Crippen LogP) is 3.34. The van der Waals surface area contributed by atoms with E-state index < -0.39 is 0 Å². The molecule has 2 aromatic heterocycles. The Morgan fingerprint density at radius 1 is 1.28 bits per heavy atom. The molecule has 0 amide bonds. The van der Waals surface area contributed by atoms with Crippen LogP contribution < -0.4 is 4.74 Å². The van der Waals surface area contributed by atoms with Crippen LogP contribution in [0.5, 0.6) is 5.88 Å². The highest BCUT2D eigenvalue weighted by Crippen LogP contribution is 2.25. The number of hydrogen-bond donors (Lipinski definition) is 0. The van der Waals surface area contributed by atoms with Crippen LogP contribution in [0.25, 0.3) is 11.4 Å². The van der Waals surface area contributed by atoms with Gasteiger partial charge in [0.25, 0.3) is 5.88 Å². The molecule has 0 fully saturated rings. The minimum atomic E-state index is 0.519. The fourth-order valence-corrected chi connectivity index (χ4v) is 1.92. The topological polar surface area (TPSA) is 47.9 Å². The first kappa shape index (κ1) is 12.7. The molecule has 0 aliphatic rings. The maximum atomic E-state index is 5.59. The molecule has 0 aromatic carbocycles. The largest absolute Gasteiger partial charge is 0.471 e. The van der Waals surface area contributed by atoms with Crippen LogP contribution in [0.15, 0.2) is 36.5 Å². The molecule has 0 spiro atoms. The van der Waals surface area contributed by atoms with Crippen molar-refractivity contribution in [2.75, 3.05) is 6.61 Å². The Kier molecular flexibility index (Phi) is 4.84. The average molecular weight is 261 g/mol. The quantitative estimate of drug-likeness (QED) is 0.748. The van der Waals surface area contributed by atoms with Gasteiger partial charge >= 0.3 is 0 Å². The summed E-state index contributed by atoms with van der Waals surface area (Å²) in [6.07, 6.45) is 8.07. The molecule has 0 saturated carbocycles. The van der Waals surface area contributed by atoms with Crippen molar-refractivity contribution in [1.82, 2.24) is 13.7 Å². The highest BCUT2D eigenvalue weighted by molar-refractivity contribution is 6.99. The zero-order chi connectivity index (χ0) is 12.6. The van der Waals surface area contributed by atoms with Gasteiger partial charge in [-0.25, -0.2) is 0 Å². The van der Waals surface area contributed by atoms with E-state index in [1.54, 1.807) is 6.20 Å². The van der Waals surface area contributed by atoms with Gasteiger partial charge < -0.3 is 4.74 Å². The number of ether oxygens (including phenoxy) is 1. The summed E-state index contributed by atoms with van der Waals surface area (Å²) in [6.45, 7) is 2.67. The molecule has 4 nitrogen and oxygen atoms in total. The Morgan fingerprint density at radius 3 is 3.00 bits per heavy atom. The van der Waals surface area contributed by atoms with Gasteiger partial charge in [0.1, 0.15) is 6.61 Å². The minimum Gasteiger partial charge on any atom is -0.471 e. The van der Waals surface area contributed by atoms with Crippen molar-refractivity contribution >= 4 is 11.7 Å². The Bertz CT molecular complexity index is 496. The van der Waals surface area contributed by atoms with Crippen LogP contribution in [0.1, 0.15) is 19.8 Å². The second-order valence-corrected chi connectivity index (χ2v) is 4.23. The number of aromatic nitrogens is 3. The van der Waals surface area contributed by atoms with Crippen LogP contribution in [0.2, 0.25) is 0 Å². The van der Waals surface area contributed by atoms with Crippen molar-refractivity contribution in [1.29, 1.82) is 0 Å². The summed E-state index contributed by atoms with van der Waals surface area (Å²) < 4.78 is 14.0. The lowest BCUT2D eigenvalue weighted by Gasteiger charge is -2.01. The van der Waals surface area contributed by atoms with Crippen molar-refractivity contribution in [3.8, 4) is 17.3 Å². The van der Waals surface area contributed by atoms with E-state index in [1.165, 1.54) is 0 Å². The molecule has 2 rings (SSSR count). The van der Waals surface area contributed by atoms with Crippen molar-refractivity contribution in [3.63, 3.8) is 0 Å². The van der Waals surface area contributed by atoms with E-state index in [0.717, 1.165) is 30.3 Å². The van der Waals surface area contributed by atoms with Gasteiger partial charge in [-0.2, -0.15) is 4.37 Å². The van der Waals surface area contributed by atoms with E-state index in [-0.39, 0.29) is 0 Å². The lowest BCUT2D eigenvalue weighted by atomic mass is 10.3. The molecule has 0 N–H and O–H groups in total. The first-order chi connectivity index (χ1) is 8.92. The van der Waals surface area contributed by atoms with Gasteiger partial charge in [-0.1, -0.05) is 31.6 Å². The zero-order valence-corrected chi connectivity index (χ0v) is 11.1. The van der Waals surface area contributed by atoms with Crippen molar-refractivity contribution in [2.24, 2.45) is 0 Å². The molecule has 18 heavy (non-hydrogen) atoms. The maximum absolute atomic E-state index is 5.59. The molecular formula is C13H15N3OS. The van der Waals surface area contributed by atoms with Crippen LogP contribution >= 0.6 is 11.7 Å². The van der Waals surface area contributed by atoms with Crippen LogP contribution in [0.4, 0.5) is 0 Å². The molecule has 0 aliphatic heterocycles. The third kappa shape index (κ3) is 3.37. The summed E-state index contributed by atoms with van der Waals surface area (Å²) in [5, 5.41) is 0. The number of nitrogens with zero attached hydrogens (tertiary/aromatic N) is 3. The molecular weight excluding hydrogens is 246 g/mol. The van der Waals surface area contributed by atoms with Crippen LogP contribution in [-0.4, -0.2) is 20.3 Å². The molecule has 2 aromatic rings. The standard InChI is InChI=1S/C13H15N3OS/c1-2-3-4-7-10-17-13-12(15-18-16-13)11-8-5-6-9-14-11/h4-9H,2-3,10H2,1H3. The summed E-state index contributed by atoms with van der Waals surface area (Å²) in [5.74, 6) is 0.555. The summed E-state index contributed by atoms with van der Waals surface area (Å²) in [5.41, 5.74) is 1.50. The van der Waals surface area contributed by atoms with E-state index in [0.29, 0.717) is 18.2 Å². The molecule has 94 valence electrons. The highest BCUT2D eigenvalue weighted by Gasteiger charge is 2.11. The number of pyridine rings is 1. The smallest absolute Gasteiger partial charge is 0.255 e. The second kappa shape index (κ2) is 6.86. The summed E-state index contributed by atoms with van der Waals surface area (Å²) in [4.78, 5) is 4.25. The van der Waals surface area contributed by atoms with E-state index in [4.69, 9.17) is 4.74 Å². The third-order valence-corrected chi connectivity index (χ3v) is 2.82. The molecule has 0 aliphatic carbocycles. The molecule has 0 bridgehead atoms. The fourth-order valence-electron chi connectivity index (χ4n) is 1.41. The number of allylic oxidation sites excluding steroid dienone is 1. The first-order valence-electron chi connectivity index (χ1n) is 5.93. The lowest BCUT2D eigenvalue weighted by molar-refractivity contribution is 0.353. The van der Waals surface area contributed by atoms with Gasteiger partial charge in [-0.05, 0) is 18.6 Å². The number of unbranched alkanes of at least 4 members (excludes halogenated alkanes) is 1. The minimum absolute atomic E-state index is 0.519. The number of hydrogen-bond acceptors (Lipinski definition) is 5. The Morgan fingerprint density at radius 2 is 2.22 bits per heavy atom. The Labute approximate surface area is 111 Å². The predicted molar refractivity (Wildman–Crippen MR) is 72.7 cm³/mol. The molecule has 0 radical (unpaired) electrons. The SMILES string of the molecule is CCCC=CCOc1nsnc1-c1ccccn1. The van der Waals surface area contributed by atoms with Gasteiger partial charge in [-0.15, -0.1) is 4.37 Å². The van der Waals surface area contributed by atoms with Gasteiger partial charge in [0.05, 0.1) is 17.4 Å². The highest BCUT2D eigenvalue weighted by atomic mass is 32.1. The zero-order valence-electron chi connectivity index (χ0n) is 10.2. The van der Waals surface area contributed by atoms with Crippen molar-refractivity contribution < 1.29 is 4.74 Å². The maximum Gasteiger partial charge on any atom is 0.255 e. The van der Waals surface area contributed by atoms with E-state index >= 15 is 0 Å². The first-order valence-corrected chi connectivity index (χ1v) is 6.66. The summed E-state index contributed by atoms with van der Waals surface area (Å²) >= 11 is 1.14. The third-order valence-electron chi connectivity index (χ3n) is 2.30. The molecule has 0 atom stereocenters. The summed E-state index contributed by atoms with van der Waals surface area (Å²) in [7, 11) is 0. The van der Waals surface area contributed by atoms with Gasteiger partial charge in [0.2, 0.25) is 0 Å². The lowest BCUT2D eigenvalue weighted by Crippen LogP contribution is -1.96. The normalized spacial score (nSPS) is 10.9. The van der Waals surface area contributed by atoms with Crippen LogP contribution in [0, 0.1) is 0 Å². The van der Waals surface area contributed by atoms with Gasteiger partial charge in [0, 0.05) is 6.20 Å². The Balaban J connectivity index is 2.00. The van der Waals surface area contributed by atoms with Crippen molar-refractivity contribution in [3.05, 3.63) is 36.5 Å². The molecule has 0 unspecified atom stereocenters. The molecule has 2 heterocycles. The van der Waals surface area contributed by atoms with Crippen molar-refractivity contribution in [2.45, 2.75) is 19.8 Å². The van der Waals surface area contributed by atoms with Gasteiger partial charge in [-0.3, -0.25) is 4.98 Å². The van der Waals surface area contributed by atoms with E-state index in [1.807, 2.05) is 24.3 Å². The molecule has 0 saturated heterocycles. The number of rotatable bonds is 6. The van der Waals surface area contributed by atoms with E-state index in [9.17, 15) is 0 Å². The monoisotopic (exact) mass is 261 g/mol. The van der Waals surface area contributed by atoms with Crippen LogP contribution in [0.3, 0.4) is 0 Å². The van der Waals surface area contributed by atoms with E-state index in [2.05, 4.69) is 26.7 Å². The van der Waals surface area contributed by atoms with Crippen LogP contribution in [-0.2, 0) is 0 Å². The fraction of sp³-hybridized carbons (Fsp3) is 0.308. The summed E-state index contributed by atoms with van der Waals surface area (Å²) in [6, 6.07) is 5.69.